The van der Waals surface area contributed by atoms with Crippen LogP contribution in [0.25, 0.3) is 0 Å². The van der Waals surface area contributed by atoms with E-state index < -0.39 is 32.0 Å². The quantitative estimate of drug-likeness (QED) is 0.595. The highest BCUT2D eigenvalue weighted by molar-refractivity contribution is 6.74. The molecule has 0 aliphatic carbocycles. The molecule has 0 aromatic rings. The molecule has 0 spiro atoms. The van der Waals surface area contributed by atoms with E-state index in [1.54, 1.807) is 20.8 Å². The van der Waals surface area contributed by atoms with Gasteiger partial charge in [0.1, 0.15) is 11.6 Å². The molecule has 8 heteroatoms. The van der Waals surface area contributed by atoms with Crippen molar-refractivity contribution in [3.8, 4) is 0 Å². The summed E-state index contributed by atoms with van der Waals surface area (Å²) in [5, 5.41) is 0.0626. The lowest BCUT2D eigenvalue weighted by Crippen LogP contribution is -2.45. The molecule has 1 saturated heterocycles. The highest BCUT2D eigenvalue weighted by Crippen LogP contribution is 2.39. The second-order valence-electron chi connectivity index (χ2n) is 8.91. The van der Waals surface area contributed by atoms with E-state index in [1.165, 1.54) is 12.0 Å². The van der Waals surface area contributed by atoms with Crippen molar-refractivity contribution in [3.63, 3.8) is 0 Å². The number of hydrogen-bond acceptors (Lipinski definition) is 6. The molecule has 0 saturated carbocycles. The van der Waals surface area contributed by atoms with Crippen LogP contribution in [0.3, 0.4) is 0 Å². The number of amides is 1. The minimum Gasteiger partial charge on any atom is -0.467 e. The fourth-order valence-corrected chi connectivity index (χ4v) is 3.72. The summed E-state index contributed by atoms with van der Waals surface area (Å²) in [6.45, 7) is 16.6. The largest absolute Gasteiger partial charge is 0.467 e. The van der Waals surface area contributed by atoms with Crippen LogP contribution in [0.1, 0.15) is 48.0 Å². The van der Waals surface area contributed by atoms with Gasteiger partial charge >= 0.3 is 12.1 Å². The van der Waals surface area contributed by atoms with Gasteiger partial charge in [-0.1, -0.05) is 20.8 Å². The Labute approximate surface area is 153 Å². The van der Waals surface area contributed by atoms with E-state index in [2.05, 4.69) is 33.9 Å². The fraction of sp³-hybridized carbons (Fsp3) is 0.882. The Morgan fingerprint density at radius 2 is 1.60 bits per heavy atom. The van der Waals surface area contributed by atoms with Crippen molar-refractivity contribution in [3.05, 3.63) is 0 Å². The lowest BCUT2D eigenvalue weighted by atomic mass is 10.2. The van der Waals surface area contributed by atoms with Crippen LogP contribution in [0.5, 0.6) is 0 Å². The predicted octanol–water partition coefficient (Wildman–Crippen LogP) is 3.72. The van der Waals surface area contributed by atoms with Crippen LogP contribution < -0.4 is 6.15 Å². The van der Waals surface area contributed by atoms with Crippen LogP contribution >= 0.6 is 0 Å². The molecule has 3 N–H and O–H groups in total. The standard InChI is InChI=1S/C17H33NO5Si.H3N/c1-16(2,3)22-15(20)18-11-12(10-13(18)14(19)21-7)23-24(8,9)17(4,5)6;/h12-13H,10-11H2,1-9H3;1H3/t12-,13+;/m1./s1. The molecule has 1 aliphatic heterocycles. The van der Waals surface area contributed by atoms with Crippen molar-refractivity contribution >= 4 is 20.4 Å². The van der Waals surface area contributed by atoms with Crippen LogP contribution in [0.2, 0.25) is 18.1 Å². The van der Waals surface area contributed by atoms with Crippen molar-refractivity contribution in [1.82, 2.24) is 11.1 Å². The van der Waals surface area contributed by atoms with Crippen LogP contribution in [0.4, 0.5) is 4.79 Å². The molecular formula is C17H36N2O5Si. The van der Waals surface area contributed by atoms with E-state index >= 15 is 0 Å². The molecular weight excluding hydrogens is 340 g/mol. The van der Waals surface area contributed by atoms with Gasteiger partial charge in [-0.3, -0.25) is 4.90 Å². The molecule has 1 aliphatic rings. The van der Waals surface area contributed by atoms with Crippen molar-refractivity contribution in [2.24, 2.45) is 0 Å². The van der Waals surface area contributed by atoms with Gasteiger partial charge in [0.2, 0.25) is 0 Å². The van der Waals surface area contributed by atoms with Gasteiger partial charge in [-0.2, -0.15) is 0 Å². The Balaban J connectivity index is 0.00000576. The zero-order chi connectivity index (χ0) is 18.9. The topological polar surface area (TPSA) is 100 Å². The molecule has 1 heterocycles. The molecule has 0 radical (unpaired) electrons. The van der Waals surface area contributed by atoms with E-state index in [4.69, 9.17) is 13.9 Å². The Bertz CT molecular complexity index is 482. The third-order valence-corrected chi connectivity index (χ3v) is 9.17. The summed E-state index contributed by atoms with van der Waals surface area (Å²) in [5.41, 5.74) is -0.615. The zero-order valence-electron chi connectivity index (χ0n) is 17.3. The van der Waals surface area contributed by atoms with E-state index in [9.17, 15) is 9.59 Å². The Morgan fingerprint density at radius 1 is 1.08 bits per heavy atom. The average Bonchev–Trinajstić information content (AvgIpc) is 2.77. The van der Waals surface area contributed by atoms with Gasteiger partial charge in [-0.05, 0) is 38.9 Å². The lowest BCUT2D eigenvalue weighted by Gasteiger charge is -2.38. The third kappa shape index (κ3) is 6.27. The molecule has 0 bridgehead atoms. The first kappa shape index (κ1) is 23.9. The summed E-state index contributed by atoms with van der Waals surface area (Å²) >= 11 is 0. The molecule has 7 nitrogen and oxygen atoms in total. The minimum absolute atomic E-state index is 0. The Morgan fingerprint density at radius 3 is 2.00 bits per heavy atom. The molecule has 1 fully saturated rings. The highest BCUT2D eigenvalue weighted by Gasteiger charge is 2.46. The summed E-state index contributed by atoms with van der Waals surface area (Å²) in [7, 11) is -0.656. The SMILES string of the molecule is COC(=O)[C@@H]1C[C@@H](O[Si](C)(C)C(C)(C)C)CN1C(=O)OC(C)(C)C.N. The number of carbonyl (C=O) groups excluding carboxylic acids is 2. The molecule has 0 aromatic heterocycles. The van der Waals surface area contributed by atoms with Gasteiger partial charge in [0, 0.05) is 13.0 Å². The van der Waals surface area contributed by atoms with Gasteiger partial charge in [-0.25, -0.2) is 9.59 Å². The molecule has 25 heavy (non-hydrogen) atoms. The van der Waals surface area contributed by atoms with Crippen LogP contribution in [-0.4, -0.2) is 56.7 Å². The van der Waals surface area contributed by atoms with Gasteiger partial charge in [0.15, 0.2) is 8.32 Å². The number of hydrogen-bond donors (Lipinski definition) is 1. The molecule has 148 valence electrons. The van der Waals surface area contributed by atoms with E-state index in [0.717, 1.165) is 0 Å². The maximum atomic E-state index is 12.5. The van der Waals surface area contributed by atoms with Crippen LogP contribution in [0, 0.1) is 0 Å². The number of ether oxygens (including phenoxy) is 2. The third-order valence-electron chi connectivity index (χ3n) is 4.63. The second kappa shape index (κ2) is 8.05. The van der Waals surface area contributed by atoms with Gasteiger partial charge < -0.3 is 20.1 Å². The maximum Gasteiger partial charge on any atom is 0.411 e. The first-order valence-electron chi connectivity index (χ1n) is 8.43. The summed E-state index contributed by atoms with van der Waals surface area (Å²) in [5.74, 6) is -0.429. The number of esters is 1. The van der Waals surface area contributed by atoms with Crippen molar-refractivity contribution in [2.75, 3.05) is 13.7 Å². The number of likely N-dealkylation sites (tertiary alicyclic amines) is 1. The maximum absolute atomic E-state index is 12.5. The van der Waals surface area contributed by atoms with E-state index in [0.29, 0.717) is 13.0 Å². The average molecular weight is 377 g/mol. The number of methoxy groups -OCH3 is 1. The normalized spacial score (nSPS) is 21.6. The van der Waals surface area contributed by atoms with Crippen LogP contribution in [-0.2, 0) is 18.7 Å². The van der Waals surface area contributed by atoms with Gasteiger partial charge in [-0.15, -0.1) is 0 Å². The van der Waals surface area contributed by atoms with Crippen molar-refractivity contribution in [1.29, 1.82) is 0 Å². The smallest absolute Gasteiger partial charge is 0.411 e. The predicted molar refractivity (Wildman–Crippen MR) is 100 cm³/mol. The summed E-state index contributed by atoms with van der Waals surface area (Å²) < 4.78 is 16.7. The fourth-order valence-electron chi connectivity index (χ4n) is 2.36. The Kier molecular flexibility index (Phi) is 7.69. The van der Waals surface area contributed by atoms with E-state index in [-0.39, 0.29) is 17.3 Å². The van der Waals surface area contributed by atoms with Crippen molar-refractivity contribution in [2.45, 2.75) is 83.8 Å². The number of nitrogens with zero attached hydrogens (tertiary/aromatic N) is 1. The molecule has 0 unspecified atom stereocenters. The Hall–Kier alpha value is -1.12. The summed E-state index contributed by atoms with van der Waals surface area (Å²) in [6, 6.07) is -0.653. The minimum atomic E-state index is -1.99. The molecule has 0 aromatic carbocycles. The van der Waals surface area contributed by atoms with Gasteiger partial charge in [0.25, 0.3) is 0 Å². The first-order valence-corrected chi connectivity index (χ1v) is 11.3. The summed E-state index contributed by atoms with van der Waals surface area (Å²) in [4.78, 5) is 26.0. The van der Waals surface area contributed by atoms with Crippen LogP contribution in [0.15, 0.2) is 0 Å². The van der Waals surface area contributed by atoms with E-state index in [1.807, 2.05) is 0 Å². The monoisotopic (exact) mass is 376 g/mol. The lowest BCUT2D eigenvalue weighted by molar-refractivity contribution is -0.145. The molecule has 1 amide bonds. The molecule has 1 rings (SSSR count). The summed E-state index contributed by atoms with van der Waals surface area (Å²) in [6.07, 6.45) is -0.236. The zero-order valence-corrected chi connectivity index (χ0v) is 18.3. The first-order chi connectivity index (χ1) is 10.7. The highest BCUT2D eigenvalue weighted by atomic mass is 28.4. The second-order valence-corrected chi connectivity index (χ2v) is 13.7. The number of carbonyl (C=O) groups is 2. The van der Waals surface area contributed by atoms with Gasteiger partial charge in [0.05, 0.1) is 13.2 Å². The van der Waals surface area contributed by atoms with Crippen molar-refractivity contribution < 1.29 is 23.5 Å². The number of rotatable bonds is 3. The molecule has 2 atom stereocenters.